The molecule has 98 valence electrons. The minimum atomic E-state index is -0.520. The molecule has 0 saturated heterocycles. The first-order valence-electron chi connectivity index (χ1n) is 6.63. The first-order valence-corrected chi connectivity index (χ1v) is 6.63. The Morgan fingerprint density at radius 2 is 1.94 bits per heavy atom. The number of carbonyl (C=O) groups excluding carboxylic acids is 2. The fourth-order valence-corrected chi connectivity index (χ4v) is 2.44. The van der Waals surface area contributed by atoms with E-state index in [0.29, 0.717) is 12.3 Å². The number of hydrogen-bond acceptors (Lipinski definition) is 2. The highest BCUT2D eigenvalue weighted by atomic mass is 16.2. The minimum absolute atomic E-state index is 0.0269. The highest BCUT2D eigenvalue weighted by Crippen LogP contribution is 2.27. The summed E-state index contributed by atoms with van der Waals surface area (Å²) >= 11 is 0. The van der Waals surface area contributed by atoms with Crippen LogP contribution >= 0.6 is 0 Å². The molecule has 0 aromatic heterocycles. The molecule has 17 heavy (non-hydrogen) atoms. The van der Waals surface area contributed by atoms with Crippen LogP contribution in [0.15, 0.2) is 0 Å². The summed E-state index contributed by atoms with van der Waals surface area (Å²) in [7, 11) is 0. The van der Waals surface area contributed by atoms with Crippen molar-refractivity contribution in [2.75, 3.05) is 0 Å². The molecule has 0 aromatic carbocycles. The van der Waals surface area contributed by atoms with Gasteiger partial charge in [0.05, 0.1) is 0 Å². The molecule has 3 N–H and O–H groups in total. The van der Waals surface area contributed by atoms with Crippen LogP contribution in [-0.2, 0) is 9.59 Å². The van der Waals surface area contributed by atoms with E-state index in [4.69, 9.17) is 5.73 Å². The van der Waals surface area contributed by atoms with Gasteiger partial charge in [0.15, 0.2) is 0 Å². The Morgan fingerprint density at radius 3 is 2.41 bits per heavy atom. The van der Waals surface area contributed by atoms with E-state index < -0.39 is 11.9 Å². The Bertz CT molecular complexity index is 273. The maximum atomic E-state index is 11.8. The Hall–Kier alpha value is -1.06. The van der Waals surface area contributed by atoms with Crippen LogP contribution in [0.3, 0.4) is 0 Å². The lowest BCUT2D eigenvalue weighted by molar-refractivity contribution is -0.129. The van der Waals surface area contributed by atoms with E-state index in [-0.39, 0.29) is 11.8 Å². The van der Waals surface area contributed by atoms with E-state index in [1.807, 2.05) is 13.8 Å². The lowest BCUT2D eigenvalue weighted by Crippen LogP contribution is -2.48. The van der Waals surface area contributed by atoms with E-state index >= 15 is 0 Å². The molecule has 0 spiro atoms. The quantitative estimate of drug-likeness (QED) is 0.740. The molecule has 4 heteroatoms. The summed E-state index contributed by atoms with van der Waals surface area (Å²) in [6.07, 6.45) is 6.10. The van der Waals surface area contributed by atoms with Crippen LogP contribution in [0, 0.1) is 11.8 Å². The summed E-state index contributed by atoms with van der Waals surface area (Å²) in [5, 5.41) is 2.78. The first-order chi connectivity index (χ1) is 8.04. The molecule has 4 nitrogen and oxygen atoms in total. The fourth-order valence-electron chi connectivity index (χ4n) is 2.44. The average molecular weight is 240 g/mol. The number of hydrogen-bond donors (Lipinski definition) is 2. The SMILES string of the molecule is CC[C@@H](C)[C@H](NC(=O)CC1CCCC1)C(N)=O. The lowest BCUT2D eigenvalue weighted by atomic mass is 9.97. The van der Waals surface area contributed by atoms with Crippen molar-refractivity contribution in [3.63, 3.8) is 0 Å². The van der Waals surface area contributed by atoms with Gasteiger partial charge in [0.1, 0.15) is 6.04 Å². The number of rotatable bonds is 6. The van der Waals surface area contributed by atoms with Gasteiger partial charge in [-0.15, -0.1) is 0 Å². The molecule has 0 aromatic rings. The summed E-state index contributed by atoms with van der Waals surface area (Å²) in [5.74, 6) is 0.139. The second-order valence-electron chi connectivity index (χ2n) is 5.19. The van der Waals surface area contributed by atoms with E-state index in [9.17, 15) is 9.59 Å². The molecule has 1 rings (SSSR count). The number of amides is 2. The molecule has 1 aliphatic rings. The van der Waals surface area contributed by atoms with Gasteiger partial charge < -0.3 is 11.1 Å². The topological polar surface area (TPSA) is 72.2 Å². The molecule has 1 aliphatic carbocycles. The van der Waals surface area contributed by atoms with Gasteiger partial charge in [-0.25, -0.2) is 0 Å². The van der Waals surface area contributed by atoms with Gasteiger partial charge in [-0.2, -0.15) is 0 Å². The normalized spacial score (nSPS) is 19.9. The highest BCUT2D eigenvalue weighted by molar-refractivity contribution is 5.86. The standard InChI is InChI=1S/C13H24N2O2/c1-3-9(2)12(13(14)17)15-11(16)8-10-6-4-5-7-10/h9-10,12H,3-8H2,1-2H3,(H2,14,17)(H,15,16)/t9-,12+/m1/s1. The molecule has 1 saturated carbocycles. The van der Waals surface area contributed by atoms with E-state index in [2.05, 4.69) is 5.32 Å². The zero-order valence-corrected chi connectivity index (χ0v) is 10.9. The van der Waals surface area contributed by atoms with Gasteiger partial charge in [-0.05, 0) is 24.7 Å². The molecule has 0 unspecified atom stereocenters. The highest BCUT2D eigenvalue weighted by Gasteiger charge is 2.25. The Balaban J connectivity index is 2.43. The molecule has 0 heterocycles. The monoisotopic (exact) mass is 240 g/mol. The van der Waals surface area contributed by atoms with E-state index in [0.717, 1.165) is 19.3 Å². The Kier molecular flexibility index (Phi) is 5.45. The van der Waals surface area contributed by atoms with Gasteiger partial charge in [-0.3, -0.25) is 9.59 Å². The molecular formula is C13H24N2O2. The van der Waals surface area contributed by atoms with Crippen molar-refractivity contribution in [1.82, 2.24) is 5.32 Å². The van der Waals surface area contributed by atoms with Crippen molar-refractivity contribution in [2.45, 2.75) is 58.4 Å². The molecule has 2 atom stereocenters. The lowest BCUT2D eigenvalue weighted by Gasteiger charge is -2.21. The third-order valence-corrected chi connectivity index (χ3v) is 3.78. The number of primary amides is 1. The minimum Gasteiger partial charge on any atom is -0.368 e. The number of nitrogens with one attached hydrogen (secondary N) is 1. The molecular weight excluding hydrogens is 216 g/mol. The van der Waals surface area contributed by atoms with Gasteiger partial charge in [0.25, 0.3) is 0 Å². The average Bonchev–Trinajstić information content (AvgIpc) is 2.77. The van der Waals surface area contributed by atoms with Crippen molar-refractivity contribution in [2.24, 2.45) is 17.6 Å². The third kappa shape index (κ3) is 4.36. The van der Waals surface area contributed by atoms with Crippen LogP contribution in [0.2, 0.25) is 0 Å². The van der Waals surface area contributed by atoms with Crippen LogP contribution in [0.25, 0.3) is 0 Å². The summed E-state index contributed by atoms with van der Waals surface area (Å²) < 4.78 is 0. The predicted octanol–water partition coefficient (Wildman–Crippen LogP) is 1.58. The van der Waals surface area contributed by atoms with Gasteiger partial charge in [0.2, 0.25) is 11.8 Å². The maximum absolute atomic E-state index is 11.8. The van der Waals surface area contributed by atoms with E-state index in [1.165, 1.54) is 12.8 Å². The van der Waals surface area contributed by atoms with Crippen molar-refractivity contribution in [3.8, 4) is 0 Å². The zero-order chi connectivity index (χ0) is 12.8. The van der Waals surface area contributed by atoms with Gasteiger partial charge >= 0.3 is 0 Å². The van der Waals surface area contributed by atoms with Crippen LogP contribution in [0.4, 0.5) is 0 Å². The zero-order valence-electron chi connectivity index (χ0n) is 10.9. The predicted molar refractivity (Wildman–Crippen MR) is 67.2 cm³/mol. The van der Waals surface area contributed by atoms with Crippen LogP contribution in [0.1, 0.15) is 52.4 Å². The van der Waals surface area contributed by atoms with Gasteiger partial charge in [0, 0.05) is 6.42 Å². The summed E-state index contributed by atoms with van der Waals surface area (Å²) in [4.78, 5) is 23.1. The van der Waals surface area contributed by atoms with Crippen LogP contribution in [-0.4, -0.2) is 17.9 Å². The fraction of sp³-hybridized carbons (Fsp3) is 0.846. The van der Waals surface area contributed by atoms with Crippen molar-refractivity contribution in [3.05, 3.63) is 0 Å². The van der Waals surface area contributed by atoms with Crippen LogP contribution < -0.4 is 11.1 Å². The first kappa shape index (κ1) is 14.0. The molecule has 2 amide bonds. The molecule has 0 aliphatic heterocycles. The summed E-state index contributed by atoms with van der Waals surface area (Å²) in [5.41, 5.74) is 5.32. The smallest absolute Gasteiger partial charge is 0.240 e. The van der Waals surface area contributed by atoms with Crippen LogP contribution in [0.5, 0.6) is 0 Å². The van der Waals surface area contributed by atoms with Crippen molar-refractivity contribution < 1.29 is 9.59 Å². The number of carbonyl (C=O) groups is 2. The largest absolute Gasteiger partial charge is 0.368 e. The maximum Gasteiger partial charge on any atom is 0.240 e. The second kappa shape index (κ2) is 6.62. The van der Waals surface area contributed by atoms with Crippen molar-refractivity contribution >= 4 is 11.8 Å². The third-order valence-electron chi connectivity index (χ3n) is 3.78. The summed E-state index contributed by atoms with van der Waals surface area (Å²) in [6, 6.07) is -0.520. The Labute approximate surface area is 103 Å². The van der Waals surface area contributed by atoms with Gasteiger partial charge in [-0.1, -0.05) is 33.1 Å². The van der Waals surface area contributed by atoms with E-state index in [1.54, 1.807) is 0 Å². The van der Waals surface area contributed by atoms with Crippen molar-refractivity contribution in [1.29, 1.82) is 0 Å². The Morgan fingerprint density at radius 1 is 1.35 bits per heavy atom. The number of nitrogens with two attached hydrogens (primary N) is 1. The molecule has 1 fully saturated rings. The second-order valence-corrected chi connectivity index (χ2v) is 5.19. The molecule has 0 radical (unpaired) electrons. The summed E-state index contributed by atoms with van der Waals surface area (Å²) in [6.45, 7) is 3.93. The molecule has 0 bridgehead atoms.